The largest absolute Gasteiger partial charge is 0.369 e. The van der Waals surface area contributed by atoms with E-state index in [-0.39, 0.29) is 11.9 Å². The van der Waals surface area contributed by atoms with Crippen LogP contribution in [0.4, 0.5) is 0 Å². The van der Waals surface area contributed by atoms with Crippen LogP contribution in [0.25, 0.3) is 0 Å². The lowest BCUT2D eigenvalue weighted by molar-refractivity contribution is -0.140. The smallest absolute Gasteiger partial charge is 0.252 e. The summed E-state index contributed by atoms with van der Waals surface area (Å²) in [5.41, 5.74) is 0.133. The lowest BCUT2D eigenvalue weighted by Gasteiger charge is -2.24. The van der Waals surface area contributed by atoms with Gasteiger partial charge in [0.2, 0.25) is 0 Å². The molecule has 5 heteroatoms. The zero-order valence-electron chi connectivity index (χ0n) is 9.50. The molecule has 1 aromatic rings. The Bertz CT molecular complexity index is 319. The molecule has 0 saturated carbocycles. The Morgan fingerprint density at radius 2 is 2.33 bits per heavy atom. The summed E-state index contributed by atoms with van der Waals surface area (Å²) in [6, 6.07) is -0.0781. The van der Waals surface area contributed by atoms with Crippen molar-refractivity contribution in [2.75, 3.05) is 7.11 Å². The molecule has 1 unspecified atom stereocenters. The minimum absolute atomic E-state index is 0.0781. The summed E-state index contributed by atoms with van der Waals surface area (Å²) in [6.45, 7) is 5.35. The van der Waals surface area contributed by atoms with E-state index in [4.69, 9.17) is 4.74 Å². The van der Waals surface area contributed by atoms with Crippen LogP contribution in [0.15, 0.2) is 12.4 Å². The minimum Gasteiger partial charge on any atom is -0.369 e. The predicted molar refractivity (Wildman–Crippen MR) is 56.2 cm³/mol. The van der Waals surface area contributed by atoms with Crippen molar-refractivity contribution in [2.24, 2.45) is 0 Å². The third-order valence-electron chi connectivity index (χ3n) is 2.42. The molecule has 0 saturated heterocycles. The first-order chi connectivity index (χ1) is 6.97. The number of ether oxygens (including phenoxy) is 1. The van der Waals surface area contributed by atoms with E-state index in [9.17, 15) is 4.79 Å². The number of aromatic nitrogens is 2. The molecule has 1 rings (SSSR count). The maximum atomic E-state index is 11.7. The van der Waals surface area contributed by atoms with Crippen LogP contribution in [0.1, 0.15) is 32.4 Å². The molecule has 5 nitrogen and oxygen atoms in total. The molecule has 0 spiro atoms. The third-order valence-corrected chi connectivity index (χ3v) is 2.42. The van der Waals surface area contributed by atoms with Gasteiger partial charge in [-0.3, -0.25) is 9.89 Å². The van der Waals surface area contributed by atoms with Gasteiger partial charge < -0.3 is 10.1 Å². The summed E-state index contributed by atoms with van der Waals surface area (Å²) >= 11 is 0. The maximum absolute atomic E-state index is 11.7. The Balaban J connectivity index is 2.60. The number of aromatic amines is 1. The minimum atomic E-state index is -0.808. The highest BCUT2D eigenvalue weighted by atomic mass is 16.5. The Morgan fingerprint density at radius 1 is 1.67 bits per heavy atom. The number of rotatable bonds is 4. The Kier molecular flexibility index (Phi) is 3.47. The standard InChI is InChI=1S/C10H17N3O2/c1-7(8-5-11-12-6-8)13-9(14)10(2,3)15-4/h5-7H,1-4H3,(H,11,12)(H,13,14). The van der Waals surface area contributed by atoms with Gasteiger partial charge in [-0.25, -0.2) is 0 Å². The number of carbonyl (C=O) groups is 1. The van der Waals surface area contributed by atoms with Gasteiger partial charge in [0, 0.05) is 18.9 Å². The molecule has 1 aromatic heterocycles. The Hall–Kier alpha value is -1.36. The van der Waals surface area contributed by atoms with Gasteiger partial charge in [-0.15, -0.1) is 0 Å². The first-order valence-corrected chi connectivity index (χ1v) is 4.82. The summed E-state index contributed by atoms with van der Waals surface area (Å²) in [7, 11) is 1.52. The normalized spacial score (nSPS) is 13.6. The fourth-order valence-electron chi connectivity index (χ4n) is 1.04. The van der Waals surface area contributed by atoms with Gasteiger partial charge in [0.15, 0.2) is 0 Å². The van der Waals surface area contributed by atoms with Crippen LogP contribution in [-0.4, -0.2) is 28.8 Å². The highest BCUT2D eigenvalue weighted by molar-refractivity contribution is 5.84. The van der Waals surface area contributed by atoms with Crippen LogP contribution >= 0.6 is 0 Å². The molecule has 2 N–H and O–H groups in total. The van der Waals surface area contributed by atoms with Gasteiger partial charge in [0.05, 0.1) is 12.2 Å². The van der Waals surface area contributed by atoms with Crippen LogP contribution in [0.5, 0.6) is 0 Å². The van der Waals surface area contributed by atoms with E-state index in [2.05, 4.69) is 15.5 Å². The number of methoxy groups -OCH3 is 1. The SMILES string of the molecule is COC(C)(C)C(=O)NC(C)c1cn[nH]c1. The van der Waals surface area contributed by atoms with Gasteiger partial charge in [0.25, 0.3) is 5.91 Å². The molecular formula is C10H17N3O2. The fraction of sp³-hybridized carbons (Fsp3) is 0.600. The maximum Gasteiger partial charge on any atom is 0.252 e. The molecule has 0 bridgehead atoms. The number of hydrogen-bond acceptors (Lipinski definition) is 3. The first-order valence-electron chi connectivity index (χ1n) is 4.82. The van der Waals surface area contributed by atoms with Crippen LogP contribution in [0.3, 0.4) is 0 Å². The predicted octanol–water partition coefficient (Wildman–Crippen LogP) is 1.01. The summed E-state index contributed by atoms with van der Waals surface area (Å²) in [4.78, 5) is 11.7. The van der Waals surface area contributed by atoms with Crippen LogP contribution in [0.2, 0.25) is 0 Å². The molecule has 0 aromatic carbocycles. The van der Waals surface area contributed by atoms with Gasteiger partial charge in [-0.05, 0) is 20.8 Å². The molecule has 0 aliphatic heterocycles. The topological polar surface area (TPSA) is 67.0 Å². The molecule has 15 heavy (non-hydrogen) atoms. The molecule has 0 aliphatic rings. The van der Waals surface area contributed by atoms with Crippen LogP contribution < -0.4 is 5.32 Å². The van der Waals surface area contributed by atoms with Crippen molar-refractivity contribution < 1.29 is 9.53 Å². The van der Waals surface area contributed by atoms with E-state index >= 15 is 0 Å². The zero-order valence-corrected chi connectivity index (χ0v) is 9.50. The number of carbonyl (C=O) groups excluding carboxylic acids is 1. The summed E-state index contributed by atoms with van der Waals surface area (Å²) in [6.07, 6.45) is 3.44. The highest BCUT2D eigenvalue weighted by Crippen LogP contribution is 2.13. The highest BCUT2D eigenvalue weighted by Gasteiger charge is 2.28. The van der Waals surface area contributed by atoms with E-state index in [1.807, 2.05) is 6.92 Å². The van der Waals surface area contributed by atoms with Gasteiger partial charge in [-0.1, -0.05) is 0 Å². The lowest BCUT2D eigenvalue weighted by atomic mass is 10.1. The fourth-order valence-corrected chi connectivity index (χ4v) is 1.04. The molecule has 84 valence electrons. The Morgan fingerprint density at radius 3 is 2.80 bits per heavy atom. The van der Waals surface area contributed by atoms with E-state index < -0.39 is 5.60 Å². The number of nitrogens with zero attached hydrogens (tertiary/aromatic N) is 1. The third kappa shape index (κ3) is 2.79. The van der Waals surface area contributed by atoms with Crippen molar-refractivity contribution in [3.63, 3.8) is 0 Å². The Labute approximate surface area is 89.2 Å². The summed E-state index contributed by atoms with van der Waals surface area (Å²) < 4.78 is 5.08. The summed E-state index contributed by atoms with van der Waals surface area (Å²) in [5, 5.41) is 9.38. The zero-order chi connectivity index (χ0) is 11.5. The first kappa shape index (κ1) is 11.7. The van der Waals surface area contributed by atoms with E-state index in [1.165, 1.54) is 7.11 Å². The second-order valence-corrected chi connectivity index (χ2v) is 3.94. The van der Waals surface area contributed by atoms with Crippen LogP contribution in [0, 0.1) is 0 Å². The van der Waals surface area contributed by atoms with Gasteiger partial charge in [-0.2, -0.15) is 5.10 Å². The van der Waals surface area contributed by atoms with Crippen molar-refractivity contribution in [3.8, 4) is 0 Å². The number of amides is 1. The van der Waals surface area contributed by atoms with Crippen molar-refractivity contribution in [2.45, 2.75) is 32.4 Å². The van der Waals surface area contributed by atoms with E-state index in [0.29, 0.717) is 0 Å². The monoisotopic (exact) mass is 211 g/mol. The lowest BCUT2D eigenvalue weighted by Crippen LogP contribution is -2.44. The van der Waals surface area contributed by atoms with Crippen LogP contribution in [-0.2, 0) is 9.53 Å². The van der Waals surface area contributed by atoms with Crippen molar-refractivity contribution in [3.05, 3.63) is 18.0 Å². The average molecular weight is 211 g/mol. The van der Waals surface area contributed by atoms with Crippen molar-refractivity contribution in [1.29, 1.82) is 0 Å². The average Bonchev–Trinajstić information content (AvgIpc) is 2.70. The number of H-pyrrole nitrogens is 1. The second-order valence-electron chi connectivity index (χ2n) is 3.94. The van der Waals surface area contributed by atoms with Crippen molar-refractivity contribution in [1.82, 2.24) is 15.5 Å². The van der Waals surface area contributed by atoms with Gasteiger partial charge >= 0.3 is 0 Å². The second kappa shape index (κ2) is 4.44. The van der Waals surface area contributed by atoms with E-state index in [0.717, 1.165) is 5.56 Å². The van der Waals surface area contributed by atoms with Gasteiger partial charge in [0.1, 0.15) is 5.60 Å². The molecule has 1 atom stereocenters. The van der Waals surface area contributed by atoms with E-state index in [1.54, 1.807) is 26.2 Å². The molecule has 0 aliphatic carbocycles. The molecular weight excluding hydrogens is 194 g/mol. The quantitative estimate of drug-likeness (QED) is 0.781. The number of nitrogens with one attached hydrogen (secondary N) is 2. The molecule has 1 amide bonds. The molecule has 0 fully saturated rings. The molecule has 0 radical (unpaired) electrons. The number of hydrogen-bond donors (Lipinski definition) is 2. The van der Waals surface area contributed by atoms with Crippen molar-refractivity contribution >= 4 is 5.91 Å². The molecule has 1 heterocycles. The summed E-state index contributed by atoms with van der Waals surface area (Å²) in [5.74, 6) is -0.140.